The summed E-state index contributed by atoms with van der Waals surface area (Å²) in [6.45, 7) is 17.8. The van der Waals surface area contributed by atoms with Crippen molar-refractivity contribution < 1.29 is 19.5 Å². The first-order chi connectivity index (χ1) is 15.9. The van der Waals surface area contributed by atoms with Crippen LogP contribution in [0.5, 0.6) is 0 Å². The predicted octanol–water partition coefficient (Wildman–Crippen LogP) is 7.01. The van der Waals surface area contributed by atoms with Crippen LogP contribution in [0.4, 0.5) is 0 Å². The minimum atomic E-state index is -0.758. The van der Waals surface area contributed by atoms with Crippen LogP contribution in [-0.4, -0.2) is 22.6 Å². The number of allylic oxidation sites excluding steroid dienone is 2. The molecule has 0 aliphatic heterocycles. The van der Waals surface area contributed by atoms with Crippen LogP contribution in [0, 0.1) is 49.7 Å². The Kier molecular flexibility index (Phi) is 4.97. The molecule has 0 unspecified atom stereocenters. The molecule has 0 bridgehead atoms. The minimum Gasteiger partial charge on any atom is -0.481 e. The minimum absolute atomic E-state index is 0.0110. The van der Waals surface area contributed by atoms with Crippen molar-refractivity contribution in [3.8, 4) is 0 Å². The molecule has 0 spiro atoms. The molecule has 4 heteroatoms. The summed E-state index contributed by atoms with van der Waals surface area (Å²) in [5.74, 6) is 0.0290. The van der Waals surface area contributed by atoms with E-state index < -0.39 is 11.4 Å². The Morgan fingerprint density at radius 1 is 0.857 bits per heavy atom. The topological polar surface area (TPSA) is 71.4 Å². The van der Waals surface area contributed by atoms with Crippen LogP contribution < -0.4 is 0 Å². The van der Waals surface area contributed by atoms with Crippen LogP contribution in [0.2, 0.25) is 0 Å². The van der Waals surface area contributed by atoms with Gasteiger partial charge in [-0.3, -0.25) is 14.4 Å². The fourth-order valence-electron chi connectivity index (χ4n) is 10.8. The molecule has 4 saturated carbocycles. The zero-order chi connectivity index (χ0) is 26.0. The Morgan fingerprint density at radius 2 is 1.49 bits per heavy atom. The van der Waals surface area contributed by atoms with Crippen LogP contribution >= 0.6 is 0 Å². The number of carboxylic acids is 1. The molecule has 0 amide bonds. The number of hydrogen-bond acceptors (Lipinski definition) is 3. The van der Waals surface area contributed by atoms with Crippen molar-refractivity contribution in [3.63, 3.8) is 0 Å². The van der Waals surface area contributed by atoms with E-state index in [0.29, 0.717) is 25.0 Å². The lowest BCUT2D eigenvalue weighted by molar-refractivity contribution is -0.194. The van der Waals surface area contributed by atoms with Crippen LogP contribution in [0.15, 0.2) is 11.6 Å². The average molecular weight is 483 g/mol. The zero-order valence-electron chi connectivity index (χ0n) is 23.3. The predicted molar refractivity (Wildman–Crippen MR) is 137 cm³/mol. The molecule has 0 aromatic carbocycles. The van der Waals surface area contributed by atoms with Crippen molar-refractivity contribution in [2.75, 3.05) is 0 Å². The molecule has 35 heavy (non-hydrogen) atoms. The van der Waals surface area contributed by atoms with Crippen LogP contribution in [0.25, 0.3) is 0 Å². The summed E-state index contributed by atoms with van der Waals surface area (Å²) in [6.07, 6.45) is 9.65. The first-order valence-electron chi connectivity index (χ1n) is 13.9. The Balaban J connectivity index is 1.67. The van der Waals surface area contributed by atoms with Crippen molar-refractivity contribution in [2.45, 2.75) is 113 Å². The number of carbonyl (C=O) groups excluding carboxylic acids is 2. The largest absolute Gasteiger partial charge is 0.481 e. The van der Waals surface area contributed by atoms with Crippen molar-refractivity contribution in [3.05, 3.63) is 11.6 Å². The summed E-state index contributed by atoms with van der Waals surface area (Å²) >= 11 is 0. The first-order valence-corrected chi connectivity index (χ1v) is 13.9. The highest BCUT2D eigenvalue weighted by molar-refractivity contribution is 5.96. The number of Topliss-reactive ketones (excluding diaryl/α,β-unsaturated/α-hetero) is 1. The number of rotatable bonds is 1. The van der Waals surface area contributed by atoms with Gasteiger partial charge in [-0.15, -0.1) is 0 Å². The second-order valence-corrected chi connectivity index (χ2v) is 15.3. The molecule has 8 atom stereocenters. The van der Waals surface area contributed by atoms with Gasteiger partial charge in [0.1, 0.15) is 5.78 Å². The van der Waals surface area contributed by atoms with Gasteiger partial charge in [0, 0.05) is 17.8 Å². The van der Waals surface area contributed by atoms with E-state index in [-0.39, 0.29) is 50.1 Å². The van der Waals surface area contributed by atoms with E-state index in [1.807, 2.05) is 13.0 Å². The third-order valence-corrected chi connectivity index (χ3v) is 13.5. The quantitative estimate of drug-likeness (QED) is 0.436. The monoisotopic (exact) mass is 482 g/mol. The van der Waals surface area contributed by atoms with Gasteiger partial charge >= 0.3 is 5.97 Å². The highest BCUT2D eigenvalue weighted by Crippen LogP contribution is 2.77. The van der Waals surface area contributed by atoms with Gasteiger partial charge in [0.2, 0.25) is 0 Å². The van der Waals surface area contributed by atoms with E-state index in [0.717, 1.165) is 38.5 Å². The van der Waals surface area contributed by atoms with Crippen LogP contribution in [0.1, 0.15) is 113 Å². The molecule has 0 radical (unpaired) electrons. The van der Waals surface area contributed by atoms with Gasteiger partial charge in [-0.05, 0) is 97.4 Å². The van der Waals surface area contributed by atoms with Gasteiger partial charge in [0.25, 0.3) is 0 Å². The van der Waals surface area contributed by atoms with Gasteiger partial charge in [0.05, 0.1) is 5.41 Å². The van der Waals surface area contributed by atoms with E-state index in [4.69, 9.17) is 0 Å². The lowest BCUT2D eigenvalue weighted by Gasteiger charge is -2.72. The fraction of sp³-hybridized carbons (Fsp3) is 0.839. The molecular formula is C31H46O4. The molecule has 5 aliphatic rings. The maximum absolute atomic E-state index is 14.3. The van der Waals surface area contributed by atoms with Crippen molar-refractivity contribution in [1.82, 2.24) is 0 Å². The van der Waals surface area contributed by atoms with Gasteiger partial charge in [-0.25, -0.2) is 0 Å². The third kappa shape index (κ3) is 2.78. The molecule has 0 saturated heterocycles. The summed E-state index contributed by atoms with van der Waals surface area (Å²) in [7, 11) is 0. The molecule has 0 aromatic rings. The highest BCUT2D eigenvalue weighted by Gasteiger charge is 2.72. The summed E-state index contributed by atoms with van der Waals surface area (Å²) in [5.41, 5.74) is -0.715. The summed E-state index contributed by atoms with van der Waals surface area (Å²) in [4.78, 5) is 39.6. The number of fused-ring (bicyclic) bond motifs is 7. The first kappa shape index (κ1) is 25.2. The van der Waals surface area contributed by atoms with Crippen molar-refractivity contribution in [2.24, 2.45) is 49.7 Å². The molecule has 5 aliphatic carbocycles. The zero-order valence-corrected chi connectivity index (χ0v) is 23.3. The van der Waals surface area contributed by atoms with E-state index in [1.165, 1.54) is 5.57 Å². The number of ketones is 2. The van der Waals surface area contributed by atoms with E-state index in [2.05, 4.69) is 48.5 Å². The molecule has 4 fully saturated rings. The number of carbonyl (C=O) groups is 3. The van der Waals surface area contributed by atoms with Crippen LogP contribution in [-0.2, 0) is 14.4 Å². The van der Waals surface area contributed by atoms with E-state index in [1.54, 1.807) is 0 Å². The molecule has 1 N–H and O–H groups in total. The Hall–Kier alpha value is -1.45. The highest BCUT2D eigenvalue weighted by atomic mass is 16.4. The maximum Gasteiger partial charge on any atom is 0.309 e. The van der Waals surface area contributed by atoms with Gasteiger partial charge in [-0.2, -0.15) is 0 Å². The normalized spacial score (nSPS) is 53.0. The third-order valence-electron chi connectivity index (χ3n) is 13.5. The standard InChI is InChI=1S/C31H46O4/c1-25(2)20-9-12-30(7)23(28(20,5)11-10-22(25)33)19(32)17-21-29(30,6)16-15-27(4)14-13-26(3,24(34)35)18-31(21,27)8/h17,20,23H,9-16,18H2,1-8H3,(H,34,35)/t20-,23+,26-,27+,28-,29+,30+,31-/m0/s1. The number of aliphatic carboxylic acids is 1. The Bertz CT molecular complexity index is 1050. The van der Waals surface area contributed by atoms with Crippen LogP contribution in [0.3, 0.4) is 0 Å². The van der Waals surface area contributed by atoms with Crippen molar-refractivity contribution >= 4 is 17.5 Å². The molecule has 5 rings (SSSR count). The van der Waals surface area contributed by atoms with E-state index >= 15 is 0 Å². The smallest absolute Gasteiger partial charge is 0.309 e. The van der Waals surface area contributed by atoms with Gasteiger partial charge < -0.3 is 5.11 Å². The summed E-state index contributed by atoms with van der Waals surface area (Å²) in [6, 6.07) is 0. The van der Waals surface area contributed by atoms with Crippen molar-refractivity contribution in [1.29, 1.82) is 0 Å². The second-order valence-electron chi connectivity index (χ2n) is 15.3. The molecule has 194 valence electrons. The second kappa shape index (κ2) is 6.90. The maximum atomic E-state index is 14.3. The molecule has 0 aromatic heterocycles. The van der Waals surface area contributed by atoms with Gasteiger partial charge in [-0.1, -0.05) is 54.0 Å². The average Bonchev–Trinajstić information content (AvgIpc) is 2.74. The molecule has 4 nitrogen and oxygen atoms in total. The summed E-state index contributed by atoms with van der Waals surface area (Å²) < 4.78 is 0. The lowest BCUT2D eigenvalue weighted by atomic mass is 9.31. The Labute approximate surface area is 211 Å². The fourth-order valence-corrected chi connectivity index (χ4v) is 10.8. The Morgan fingerprint density at radius 3 is 2.11 bits per heavy atom. The SMILES string of the molecule is CC1(C)C(=O)CC[C@]2(C)[C@H]3C(=O)C=C4[C@]5(C)C[C@@](C)(C(=O)O)CC[C@]5(C)CC[C@@]4(C)[C@]3(C)CC[C@@H]12. The number of carboxylic acid groups (broad SMARTS) is 1. The summed E-state index contributed by atoms with van der Waals surface area (Å²) in [5, 5.41) is 10.2. The molecular weight excluding hydrogens is 436 g/mol. The number of hydrogen-bond donors (Lipinski definition) is 1. The van der Waals surface area contributed by atoms with Gasteiger partial charge in [0.15, 0.2) is 5.78 Å². The lowest BCUT2D eigenvalue weighted by Crippen LogP contribution is -2.67. The molecule has 0 heterocycles. The van der Waals surface area contributed by atoms with E-state index in [9.17, 15) is 19.5 Å².